The molecule has 0 fully saturated rings. The molecule has 1 aliphatic rings. The van der Waals surface area contributed by atoms with Crippen molar-refractivity contribution in [2.24, 2.45) is 11.8 Å². The maximum Gasteiger partial charge on any atom is 0.416 e. The summed E-state index contributed by atoms with van der Waals surface area (Å²) in [5, 5.41) is 8.60. The van der Waals surface area contributed by atoms with Crippen molar-refractivity contribution in [3.8, 4) is 5.75 Å². The highest BCUT2D eigenvalue weighted by Crippen LogP contribution is 2.31. The standard InChI is InChI=1S/C23H25F3O5/c24-23(25,26)16-7-5-8-17(15-16)31-14-6-10-20(27)19-12-13-21(28)18(19)9-3-1-2-4-11-22(29)30/h1,3,5,7-8,12-13,15,18-19H,2,4,6,9-11,14H2,(H,29,30)/t18-,19+/m1/s1. The zero-order valence-corrected chi connectivity index (χ0v) is 16.9. The average Bonchev–Trinajstić information content (AvgIpc) is 3.07. The van der Waals surface area contributed by atoms with Crippen molar-refractivity contribution < 1.29 is 37.4 Å². The van der Waals surface area contributed by atoms with Crippen LogP contribution in [0.1, 0.15) is 44.1 Å². The number of unbranched alkanes of at least 4 members (excludes halogenated alkanes) is 1. The highest BCUT2D eigenvalue weighted by Gasteiger charge is 2.33. The van der Waals surface area contributed by atoms with E-state index in [1.165, 1.54) is 18.2 Å². The second-order valence-corrected chi connectivity index (χ2v) is 7.33. The summed E-state index contributed by atoms with van der Waals surface area (Å²) >= 11 is 0. The Balaban J connectivity index is 1.76. The normalized spacial score (nSPS) is 18.6. The number of hydrogen-bond acceptors (Lipinski definition) is 4. The summed E-state index contributed by atoms with van der Waals surface area (Å²) in [4.78, 5) is 35.0. The van der Waals surface area contributed by atoms with Crippen LogP contribution in [-0.2, 0) is 20.6 Å². The molecular formula is C23H25F3O5. The fourth-order valence-electron chi connectivity index (χ4n) is 3.32. The molecule has 0 saturated heterocycles. The monoisotopic (exact) mass is 438 g/mol. The fraction of sp³-hybridized carbons (Fsp3) is 0.435. The largest absolute Gasteiger partial charge is 0.494 e. The third-order valence-corrected chi connectivity index (χ3v) is 4.95. The molecule has 0 heterocycles. The van der Waals surface area contributed by atoms with E-state index in [9.17, 15) is 27.6 Å². The molecule has 1 aromatic carbocycles. The van der Waals surface area contributed by atoms with Gasteiger partial charge in [0.25, 0.3) is 0 Å². The van der Waals surface area contributed by atoms with Crippen molar-refractivity contribution in [3.63, 3.8) is 0 Å². The van der Waals surface area contributed by atoms with Gasteiger partial charge in [0.1, 0.15) is 11.5 Å². The molecule has 1 aromatic rings. The van der Waals surface area contributed by atoms with Crippen LogP contribution in [0.4, 0.5) is 13.2 Å². The SMILES string of the molecule is O=C(O)CCCC=CC[C@H]1C(=O)C=C[C@@H]1C(=O)CCCOc1cccc(C(F)(F)F)c1. The number of hydrogen-bond donors (Lipinski definition) is 1. The van der Waals surface area contributed by atoms with Gasteiger partial charge in [-0.1, -0.05) is 24.3 Å². The summed E-state index contributed by atoms with van der Waals surface area (Å²) < 4.78 is 43.5. The van der Waals surface area contributed by atoms with Crippen molar-refractivity contribution in [2.75, 3.05) is 6.61 Å². The number of carbonyl (C=O) groups is 3. The maximum atomic E-state index is 12.7. The van der Waals surface area contributed by atoms with Crippen LogP contribution in [0.3, 0.4) is 0 Å². The minimum absolute atomic E-state index is 0.0813. The predicted molar refractivity (Wildman–Crippen MR) is 108 cm³/mol. The molecular weight excluding hydrogens is 413 g/mol. The van der Waals surface area contributed by atoms with E-state index < -0.39 is 29.5 Å². The van der Waals surface area contributed by atoms with Gasteiger partial charge in [0, 0.05) is 24.7 Å². The third kappa shape index (κ3) is 8.03. The first-order chi connectivity index (χ1) is 14.7. The predicted octanol–water partition coefficient (Wildman–Crippen LogP) is 5.01. The second kappa shape index (κ2) is 11.5. The quantitative estimate of drug-likeness (QED) is 0.367. The molecule has 0 amide bonds. The van der Waals surface area contributed by atoms with Crippen LogP contribution >= 0.6 is 0 Å². The van der Waals surface area contributed by atoms with Crippen molar-refractivity contribution in [2.45, 2.75) is 44.7 Å². The summed E-state index contributed by atoms with van der Waals surface area (Å²) in [5.74, 6) is -1.99. The maximum absolute atomic E-state index is 12.7. The zero-order chi connectivity index (χ0) is 22.9. The molecule has 0 spiro atoms. The Kier molecular flexibility index (Phi) is 9.03. The summed E-state index contributed by atoms with van der Waals surface area (Å²) in [6.07, 6.45) is 4.23. The Morgan fingerprint density at radius 2 is 1.90 bits per heavy atom. The van der Waals surface area contributed by atoms with E-state index in [2.05, 4.69) is 0 Å². The van der Waals surface area contributed by atoms with Gasteiger partial charge in [0.15, 0.2) is 5.78 Å². The average molecular weight is 438 g/mol. The number of benzene rings is 1. The van der Waals surface area contributed by atoms with E-state index in [4.69, 9.17) is 9.84 Å². The highest BCUT2D eigenvalue weighted by molar-refractivity contribution is 6.01. The molecule has 5 nitrogen and oxygen atoms in total. The molecule has 0 unspecified atom stereocenters. The number of carbonyl (C=O) groups excluding carboxylic acids is 2. The summed E-state index contributed by atoms with van der Waals surface area (Å²) in [6.45, 7) is 0.0889. The van der Waals surface area contributed by atoms with E-state index in [0.29, 0.717) is 25.7 Å². The Morgan fingerprint density at radius 1 is 1.13 bits per heavy atom. The Labute approximate surface area is 178 Å². The lowest BCUT2D eigenvalue weighted by Crippen LogP contribution is -2.23. The number of Topliss-reactive ketones (excluding diaryl/α,β-unsaturated/α-hetero) is 1. The summed E-state index contributed by atoms with van der Waals surface area (Å²) in [5.41, 5.74) is -0.797. The van der Waals surface area contributed by atoms with Crippen LogP contribution < -0.4 is 4.74 Å². The molecule has 1 aliphatic carbocycles. The van der Waals surface area contributed by atoms with Gasteiger partial charge in [-0.25, -0.2) is 0 Å². The Hall–Kier alpha value is -2.90. The molecule has 31 heavy (non-hydrogen) atoms. The number of rotatable bonds is 12. The van der Waals surface area contributed by atoms with Gasteiger partial charge < -0.3 is 9.84 Å². The Morgan fingerprint density at radius 3 is 2.61 bits per heavy atom. The van der Waals surface area contributed by atoms with Gasteiger partial charge in [0.05, 0.1) is 12.2 Å². The van der Waals surface area contributed by atoms with Gasteiger partial charge in [-0.15, -0.1) is 0 Å². The lowest BCUT2D eigenvalue weighted by Gasteiger charge is -2.15. The van der Waals surface area contributed by atoms with E-state index in [0.717, 1.165) is 12.1 Å². The zero-order valence-electron chi connectivity index (χ0n) is 16.9. The van der Waals surface area contributed by atoms with Gasteiger partial charge >= 0.3 is 12.1 Å². The van der Waals surface area contributed by atoms with Crippen molar-refractivity contribution in [1.82, 2.24) is 0 Å². The molecule has 8 heteroatoms. The van der Waals surface area contributed by atoms with Crippen molar-refractivity contribution in [1.29, 1.82) is 0 Å². The molecule has 0 aromatic heterocycles. The van der Waals surface area contributed by atoms with Crippen LogP contribution in [0.2, 0.25) is 0 Å². The molecule has 1 N–H and O–H groups in total. The molecule has 0 radical (unpaired) electrons. The number of carboxylic acid groups (broad SMARTS) is 1. The first-order valence-electron chi connectivity index (χ1n) is 10.1. The van der Waals surface area contributed by atoms with Crippen molar-refractivity contribution in [3.05, 3.63) is 54.1 Å². The number of ketones is 2. The van der Waals surface area contributed by atoms with E-state index in [1.807, 2.05) is 6.08 Å². The number of carboxylic acids is 1. The van der Waals surface area contributed by atoms with Gasteiger partial charge in [-0.3, -0.25) is 14.4 Å². The number of aliphatic carboxylic acids is 1. The molecule has 2 rings (SSSR count). The molecule has 0 saturated carbocycles. The first-order valence-corrected chi connectivity index (χ1v) is 10.1. The lowest BCUT2D eigenvalue weighted by atomic mass is 9.86. The number of halogens is 3. The van der Waals surface area contributed by atoms with Crippen LogP contribution in [-0.4, -0.2) is 29.2 Å². The van der Waals surface area contributed by atoms with E-state index >= 15 is 0 Å². The minimum Gasteiger partial charge on any atom is -0.494 e. The third-order valence-electron chi connectivity index (χ3n) is 4.95. The summed E-state index contributed by atoms with van der Waals surface area (Å²) in [7, 11) is 0. The van der Waals surface area contributed by atoms with E-state index in [-0.39, 0.29) is 36.8 Å². The molecule has 168 valence electrons. The molecule has 0 aliphatic heterocycles. The highest BCUT2D eigenvalue weighted by atomic mass is 19.4. The second-order valence-electron chi connectivity index (χ2n) is 7.33. The van der Waals surface area contributed by atoms with Gasteiger partial charge in [-0.05, 0) is 50.0 Å². The van der Waals surface area contributed by atoms with E-state index in [1.54, 1.807) is 12.2 Å². The smallest absolute Gasteiger partial charge is 0.416 e. The lowest BCUT2D eigenvalue weighted by molar-refractivity contribution is -0.138. The van der Waals surface area contributed by atoms with Crippen LogP contribution in [0, 0.1) is 11.8 Å². The fourth-order valence-corrected chi connectivity index (χ4v) is 3.32. The van der Waals surface area contributed by atoms with Crippen LogP contribution in [0.5, 0.6) is 5.75 Å². The van der Waals surface area contributed by atoms with Crippen molar-refractivity contribution >= 4 is 17.5 Å². The summed E-state index contributed by atoms with van der Waals surface area (Å²) in [6, 6.07) is 4.56. The minimum atomic E-state index is -4.45. The molecule has 2 atom stereocenters. The number of alkyl halides is 3. The van der Waals surface area contributed by atoms with Crippen LogP contribution in [0.15, 0.2) is 48.6 Å². The molecule has 0 bridgehead atoms. The first kappa shape index (κ1) is 24.4. The topological polar surface area (TPSA) is 80.7 Å². The van der Waals surface area contributed by atoms with Gasteiger partial charge in [0.2, 0.25) is 0 Å². The Bertz CT molecular complexity index is 842. The number of allylic oxidation sites excluding steroid dienone is 4. The van der Waals surface area contributed by atoms with Gasteiger partial charge in [-0.2, -0.15) is 13.2 Å². The number of ether oxygens (including phenoxy) is 1. The van der Waals surface area contributed by atoms with Crippen LogP contribution in [0.25, 0.3) is 0 Å².